The number of aromatic amines is 2. The summed E-state index contributed by atoms with van der Waals surface area (Å²) in [4.78, 5) is 11.1. The first-order valence-corrected chi connectivity index (χ1v) is 6.59. The van der Waals surface area contributed by atoms with Crippen molar-refractivity contribution in [3.05, 3.63) is 66.9 Å². The van der Waals surface area contributed by atoms with Crippen LogP contribution in [-0.2, 0) is 0 Å². The van der Waals surface area contributed by atoms with Gasteiger partial charge in [-0.2, -0.15) is 0 Å². The zero-order chi connectivity index (χ0) is 13.4. The first-order chi connectivity index (χ1) is 9.90. The molecule has 0 radical (unpaired) electrons. The van der Waals surface area contributed by atoms with Crippen molar-refractivity contribution in [1.82, 2.24) is 15.0 Å². The maximum absolute atomic E-state index is 4.60. The molecule has 2 N–H and O–H groups in total. The summed E-state index contributed by atoms with van der Waals surface area (Å²) in [6.07, 6.45) is 1.90. The van der Waals surface area contributed by atoms with E-state index < -0.39 is 0 Å². The van der Waals surface area contributed by atoms with Gasteiger partial charge in [-0.05, 0) is 35.4 Å². The third kappa shape index (κ3) is 1.80. The van der Waals surface area contributed by atoms with Crippen LogP contribution in [0.1, 0.15) is 0 Å². The van der Waals surface area contributed by atoms with E-state index in [-0.39, 0.29) is 0 Å². The molecule has 4 aromatic rings. The Hall–Kier alpha value is -2.81. The molecule has 0 saturated carbocycles. The van der Waals surface area contributed by atoms with Gasteiger partial charge in [-0.25, -0.2) is 4.98 Å². The molecule has 0 unspecified atom stereocenters. The number of nitrogens with one attached hydrogen (secondary N) is 2. The standard InChI is InChI=1S/C17H13N3/c1-2-5-12(6-3-1)13-8-9-14-16(11-13)20-17(19-14)15-7-4-10-18-15/h1-11,18H,(H,19,20). The average molecular weight is 259 g/mol. The van der Waals surface area contributed by atoms with Crippen molar-refractivity contribution < 1.29 is 0 Å². The summed E-state index contributed by atoms with van der Waals surface area (Å²) in [6.45, 7) is 0. The summed E-state index contributed by atoms with van der Waals surface area (Å²) in [5, 5.41) is 0. The lowest BCUT2D eigenvalue weighted by Gasteiger charge is -2.00. The van der Waals surface area contributed by atoms with Gasteiger partial charge in [0.05, 0.1) is 16.7 Å². The Balaban J connectivity index is 1.84. The number of benzene rings is 2. The Labute approximate surface area is 116 Å². The second-order valence-electron chi connectivity index (χ2n) is 4.77. The number of aromatic nitrogens is 3. The third-order valence-electron chi connectivity index (χ3n) is 3.44. The molecule has 3 nitrogen and oxygen atoms in total. The van der Waals surface area contributed by atoms with Crippen LogP contribution in [0.4, 0.5) is 0 Å². The van der Waals surface area contributed by atoms with Crippen molar-refractivity contribution in [2.75, 3.05) is 0 Å². The normalized spacial score (nSPS) is 11.0. The number of rotatable bonds is 2. The molecule has 3 heteroatoms. The number of hydrogen-bond donors (Lipinski definition) is 2. The van der Waals surface area contributed by atoms with E-state index in [1.165, 1.54) is 11.1 Å². The maximum atomic E-state index is 4.60. The number of nitrogens with zero attached hydrogens (tertiary/aromatic N) is 1. The zero-order valence-electron chi connectivity index (χ0n) is 10.8. The minimum atomic E-state index is 0.871. The molecule has 0 aliphatic rings. The van der Waals surface area contributed by atoms with Gasteiger partial charge >= 0.3 is 0 Å². The van der Waals surface area contributed by atoms with Gasteiger partial charge < -0.3 is 9.97 Å². The third-order valence-corrected chi connectivity index (χ3v) is 3.44. The zero-order valence-corrected chi connectivity index (χ0v) is 10.8. The molecule has 0 aliphatic heterocycles. The van der Waals surface area contributed by atoms with Gasteiger partial charge in [-0.15, -0.1) is 0 Å². The highest BCUT2D eigenvalue weighted by Gasteiger charge is 2.06. The van der Waals surface area contributed by atoms with Gasteiger partial charge in [-0.3, -0.25) is 0 Å². The molecule has 20 heavy (non-hydrogen) atoms. The van der Waals surface area contributed by atoms with Crippen LogP contribution in [0, 0.1) is 0 Å². The lowest BCUT2D eigenvalue weighted by molar-refractivity contribution is 1.27. The molecule has 4 rings (SSSR count). The largest absolute Gasteiger partial charge is 0.359 e. The number of fused-ring (bicyclic) bond motifs is 1. The second kappa shape index (κ2) is 4.38. The van der Waals surface area contributed by atoms with Crippen LogP contribution >= 0.6 is 0 Å². The summed E-state index contributed by atoms with van der Waals surface area (Å²) in [5.41, 5.74) is 5.44. The van der Waals surface area contributed by atoms with Crippen LogP contribution in [0.5, 0.6) is 0 Å². The molecule has 0 saturated heterocycles. The summed E-state index contributed by atoms with van der Waals surface area (Å²) in [7, 11) is 0. The van der Waals surface area contributed by atoms with Crippen molar-refractivity contribution in [1.29, 1.82) is 0 Å². The molecular formula is C17H13N3. The molecule has 0 atom stereocenters. The van der Waals surface area contributed by atoms with Crippen molar-refractivity contribution in [2.24, 2.45) is 0 Å². The van der Waals surface area contributed by atoms with Crippen molar-refractivity contribution in [3.8, 4) is 22.6 Å². The van der Waals surface area contributed by atoms with E-state index >= 15 is 0 Å². The van der Waals surface area contributed by atoms with E-state index in [1.807, 2.05) is 24.4 Å². The molecule has 0 spiro atoms. The van der Waals surface area contributed by atoms with E-state index in [0.29, 0.717) is 0 Å². The van der Waals surface area contributed by atoms with Crippen LogP contribution in [0.15, 0.2) is 66.9 Å². The van der Waals surface area contributed by atoms with Crippen LogP contribution in [0.2, 0.25) is 0 Å². The van der Waals surface area contributed by atoms with E-state index in [4.69, 9.17) is 0 Å². The summed E-state index contributed by atoms with van der Waals surface area (Å²) < 4.78 is 0. The van der Waals surface area contributed by atoms with Crippen molar-refractivity contribution >= 4 is 11.0 Å². The van der Waals surface area contributed by atoms with Crippen molar-refractivity contribution in [2.45, 2.75) is 0 Å². The molecule has 0 amide bonds. The highest BCUT2D eigenvalue weighted by molar-refractivity contribution is 5.84. The van der Waals surface area contributed by atoms with E-state index in [2.05, 4.69) is 57.4 Å². The summed E-state index contributed by atoms with van der Waals surface area (Å²) in [5.74, 6) is 0.871. The lowest BCUT2D eigenvalue weighted by atomic mass is 10.1. The monoisotopic (exact) mass is 259 g/mol. The quantitative estimate of drug-likeness (QED) is 0.556. The van der Waals surface area contributed by atoms with Gasteiger partial charge in [0.1, 0.15) is 0 Å². The topological polar surface area (TPSA) is 44.5 Å². The van der Waals surface area contributed by atoms with Gasteiger partial charge in [0.15, 0.2) is 5.82 Å². The van der Waals surface area contributed by atoms with Gasteiger partial charge in [0, 0.05) is 6.20 Å². The molecule has 2 aromatic carbocycles. The summed E-state index contributed by atoms with van der Waals surface area (Å²) >= 11 is 0. The van der Waals surface area contributed by atoms with Crippen LogP contribution in [0.25, 0.3) is 33.7 Å². The number of H-pyrrole nitrogens is 2. The number of imidazole rings is 1. The number of hydrogen-bond acceptors (Lipinski definition) is 1. The Kier molecular flexibility index (Phi) is 2.42. The minimum Gasteiger partial charge on any atom is -0.359 e. The highest BCUT2D eigenvalue weighted by atomic mass is 14.9. The molecule has 2 aromatic heterocycles. The Morgan fingerprint density at radius 1 is 0.800 bits per heavy atom. The minimum absolute atomic E-state index is 0.871. The lowest BCUT2D eigenvalue weighted by Crippen LogP contribution is -1.78. The Bertz CT molecular complexity index is 842. The van der Waals surface area contributed by atoms with E-state index in [0.717, 1.165) is 22.6 Å². The maximum Gasteiger partial charge on any atom is 0.154 e. The van der Waals surface area contributed by atoms with E-state index in [9.17, 15) is 0 Å². The van der Waals surface area contributed by atoms with Crippen molar-refractivity contribution in [3.63, 3.8) is 0 Å². The predicted octanol–water partition coefficient (Wildman–Crippen LogP) is 4.23. The second-order valence-corrected chi connectivity index (χ2v) is 4.77. The molecule has 0 aliphatic carbocycles. The van der Waals surface area contributed by atoms with Gasteiger partial charge in [0.25, 0.3) is 0 Å². The summed E-state index contributed by atoms with van der Waals surface area (Å²) in [6, 6.07) is 20.7. The molecule has 96 valence electrons. The smallest absolute Gasteiger partial charge is 0.154 e. The predicted molar refractivity (Wildman–Crippen MR) is 81.3 cm³/mol. The first kappa shape index (κ1) is 11.1. The molecule has 2 heterocycles. The van der Waals surface area contributed by atoms with Crippen LogP contribution < -0.4 is 0 Å². The first-order valence-electron chi connectivity index (χ1n) is 6.59. The fourth-order valence-electron chi connectivity index (χ4n) is 2.42. The SMILES string of the molecule is c1ccc(-c2ccc3nc(-c4ccc[nH]4)[nH]c3c2)cc1. The molecular weight excluding hydrogens is 246 g/mol. The molecule has 0 fully saturated rings. The van der Waals surface area contributed by atoms with Gasteiger partial charge in [0.2, 0.25) is 0 Å². The van der Waals surface area contributed by atoms with E-state index in [1.54, 1.807) is 0 Å². The van der Waals surface area contributed by atoms with Crippen LogP contribution in [-0.4, -0.2) is 15.0 Å². The highest BCUT2D eigenvalue weighted by Crippen LogP contribution is 2.25. The Morgan fingerprint density at radius 2 is 1.70 bits per heavy atom. The van der Waals surface area contributed by atoms with Crippen LogP contribution in [0.3, 0.4) is 0 Å². The van der Waals surface area contributed by atoms with Gasteiger partial charge in [-0.1, -0.05) is 36.4 Å². The fourth-order valence-corrected chi connectivity index (χ4v) is 2.42. The molecule has 0 bridgehead atoms. The Morgan fingerprint density at radius 3 is 2.50 bits per heavy atom. The average Bonchev–Trinajstić information content (AvgIpc) is 3.16. The fraction of sp³-hybridized carbons (Fsp3) is 0.